The summed E-state index contributed by atoms with van der Waals surface area (Å²) in [6.45, 7) is 1.37. The Balaban J connectivity index is 1.91. The molecule has 1 aliphatic rings. The number of piperidine rings is 1. The molecule has 0 amide bonds. The summed E-state index contributed by atoms with van der Waals surface area (Å²) in [5, 5.41) is 9.84. The van der Waals surface area contributed by atoms with Gasteiger partial charge in [-0.3, -0.25) is 9.69 Å². The van der Waals surface area contributed by atoms with E-state index in [9.17, 15) is 14.3 Å². The van der Waals surface area contributed by atoms with E-state index in [1.54, 1.807) is 12.1 Å². The van der Waals surface area contributed by atoms with Crippen molar-refractivity contribution in [3.05, 3.63) is 70.5 Å². The second kappa shape index (κ2) is 7.32. The lowest BCUT2D eigenvalue weighted by molar-refractivity contribution is -0.143. The fourth-order valence-corrected chi connectivity index (χ4v) is 3.54. The molecule has 1 atom stereocenters. The van der Waals surface area contributed by atoms with Crippen LogP contribution in [0.2, 0.25) is 5.02 Å². The third-order valence-corrected chi connectivity index (χ3v) is 4.83. The number of likely N-dealkylation sites (tertiary alicyclic amines) is 1. The van der Waals surface area contributed by atoms with Gasteiger partial charge in [-0.2, -0.15) is 0 Å². The van der Waals surface area contributed by atoms with Gasteiger partial charge in [-0.1, -0.05) is 35.9 Å². The maximum atomic E-state index is 13.3. The molecule has 3 rings (SSSR count). The predicted molar refractivity (Wildman–Crippen MR) is 91.6 cm³/mol. The van der Waals surface area contributed by atoms with Crippen LogP contribution in [0.5, 0.6) is 0 Å². The zero-order valence-corrected chi connectivity index (χ0v) is 13.9. The largest absolute Gasteiger partial charge is 0.481 e. The Bertz CT molecular complexity index is 712. The molecule has 24 heavy (non-hydrogen) atoms. The van der Waals surface area contributed by atoms with Crippen LogP contribution in [0.1, 0.15) is 30.0 Å². The Morgan fingerprint density at radius 3 is 2.38 bits per heavy atom. The van der Waals surface area contributed by atoms with E-state index < -0.39 is 5.97 Å². The molecule has 1 aliphatic heterocycles. The van der Waals surface area contributed by atoms with Gasteiger partial charge in [0.2, 0.25) is 0 Å². The molecule has 0 spiro atoms. The minimum Gasteiger partial charge on any atom is -0.481 e. The number of rotatable bonds is 4. The number of nitrogens with zero attached hydrogens (tertiary/aromatic N) is 1. The quantitative estimate of drug-likeness (QED) is 0.893. The molecule has 0 bridgehead atoms. The summed E-state index contributed by atoms with van der Waals surface area (Å²) in [6, 6.07) is 14.1. The van der Waals surface area contributed by atoms with Crippen LogP contribution in [0.25, 0.3) is 0 Å². The van der Waals surface area contributed by atoms with Crippen molar-refractivity contribution in [1.29, 1.82) is 0 Å². The molecule has 2 aromatic carbocycles. The summed E-state index contributed by atoms with van der Waals surface area (Å²) in [6.07, 6.45) is 1.24. The summed E-state index contributed by atoms with van der Waals surface area (Å²) in [4.78, 5) is 13.4. The second-order valence-electron chi connectivity index (χ2n) is 6.16. The molecule has 0 aromatic heterocycles. The van der Waals surface area contributed by atoms with E-state index in [1.165, 1.54) is 12.1 Å². The highest BCUT2D eigenvalue weighted by Gasteiger charge is 2.30. The van der Waals surface area contributed by atoms with Crippen molar-refractivity contribution < 1.29 is 14.3 Å². The molecule has 126 valence electrons. The Morgan fingerprint density at radius 2 is 1.79 bits per heavy atom. The van der Waals surface area contributed by atoms with E-state index in [0.29, 0.717) is 31.0 Å². The summed E-state index contributed by atoms with van der Waals surface area (Å²) in [7, 11) is 0. The zero-order chi connectivity index (χ0) is 17.1. The number of hydrogen-bond acceptors (Lipinski definition) is 2. The summed E-state index contributed by atoms with van der Waals surface area (Å²) < 4.78 is 13.3. The van der Waals surface area contributed by atoms with Crippen molar-refractivity contribution in [2.24, 2.45) is 5.92 Å². The first-order valence-corrected chi connectivity index (χ1v) is 8.40. The molecule has 1 heterocycles. The molecular formula is C19H19ClFNO2. The minimum atomic E-state index is -0.726. The lowest BCUT2D eigenvalue weighted by Gasteiger charge is -2.37. The SMILES string of the molecule is O=C(O)C1CCN(C(c2ccc(F)cc2)c2cccc(Cl)c2)CC1. The van der Waals surface area contributed by atoms with E-state index in [0.717, 1.165) is 11.1 Å². The van der Waals surface area contributed by atoms with Crippen molar-refractivity contribution in [1.82, 2.24) is 4.90 Å². The normalized spacial score (nSPS) is 17.6. The third-order valence-electron chi connectivity index (χ3n) is 4.59. The van der Waals surface area contributed by atoms with Gasteiger partial charge in [-0.05, 0) is 61.3 Å². The molecule has 1 unspecified atom stereocenters. The van der Waals surface area contributed by atoms with Crippen LogP contribution < -0.4 is 0 Å². The minimum absolute atomic E-state index is 0.0564. The smallest absolute Gasteiger partial charge is 0.306 e. The van der Waals surface area contributed by atoms with Gasteiger partial charge < -0.3 is 5.11 Å². The number of benzene rings is 2. The Kier molecular flexibility index (Phi) is 5.17. The van der Waals surface area contributed by atoms with Gasteiger partial charge in [-0.25, -0.2) is 4.39 Å². The average Bonchev–Trinajstić information content (AvgIpc) is 2.57. The van der Waals surface area contributed by atoms with Crippen LogP contribution in [0.15, 0.2) is 48.5 Å². The van der Waals surface area contributed by atoms with Crippen LogP contribution in [0, 0.1) is 11.7 Å². The third kappa shape index (κ3) is 3.77. The Hall–Kier alpha value is -1.91. The average molecular weight is 348 g/mol. The van der Waals surface area contributed by atoms with Crippen LogP contribution in [-0.4, -0.2) is 29.1 Å². The first-order chi connectivity index (χ1) is 11.5. The lowest BCUT2D eigenvalue weighted by Crippen LogP contribution is -2.39. The monoisotopic (exact) mass is 347 g/mol. The van der Waals surface area contributed by atoms with Crippen molar-refractivity contribution in [3.63, 3.8) is 0 Å². The van der Waals surface area contributed by atoms with Gasteiger partial charge >= 0.3 is 5.97 Å². The molecule has 0 aliphatic carbocycles. The number of carboxylic acids is 1. The first kappa shape index (κ1) is 16.9. The van der Waals surface area contributed by atoms with Crippen LogP contribution >= 0.6 is 11.6 Å². The molecule has 1 saturated heterocycles. The highest BCUT2D eigenvalue weighted by Crippen LogP contribution is 2.33. The molecule has 0 radical (unpaired) electrons. The topological polar surface area (TPSA) is 40.5 Å². The van der Waals surface area contributed by atoms with E-state index in [2.05, 4.69) is 4.90 Å². The molecule has 1 N–H and O–H groups in total. The van der Waals surface area contributed by atoms with E-state index in [-0.39, 0.29) is 17.8 Å². The van der Waals surface area contributed by atoms with Crippen LogP contribution in [-0.2, 0) is 4.79 Å². The molecule has 1 fully saturated rings. The zero-order valence-electron chi connectivity index (χ0n) is 13.2. The fraction of sp³-hybridized carbons (Fsp3) is 0.316. The number of carboxylic acid groups (broad SMARTS) is 1. The maximum absolute atomic E-state index is 13.3. The summed E-state index contributed by atoms with van der Waals surface area (Å²) in [5.41, 5.74) is 2.01. The van der Waals surface area contributed by atoms with Gasteiger partial charge in [0.15, 0.2) is 0 Å². The predicted octanol–water partition coefficient (Wildman–Crippen LogP) is 4.37. The lowest BCUT2D eigenvalue weighted by atomic mass is 9.91. The second-order valence-corrected chi connectivity index (χ2v) is 6.59. The standard InChI is InChI=1S/C19H19ClFNO2/c20-16-3-1-2-15(12-16)18(13-4-6-17(21)7-5-13)22-10-8-14(9-11-22)19(23)24/h1-7,12,14,18H,8-11H2,(H,23,24). The van der Waals surface area contributed by atoms with Crippen LogP contribution in [0.3, 0.4) is 0 Å². The van der Waals surface area contributed by atoms with Gasteiger partial charge in [-0.15, -0.1) is 0 Å². The Labute approximate surface area is 145 Å². The maximum Gasteiger partial charge on any atom is 0.306 e. The Morgan fingerprint density at radius 1 is 1.12 bits per heavy atom. The van der Waals surface area contributed by atoms with Gasteiger partial charge in [0.1, 0.15) is 5.82 Å². The number of hydrogen-bond donors (Lipinski definition) is 1. The van der Waals surface area contributed by atoms with Crippen molar-refractivity contribution in [2.75, 3.05) is 13.1 Å². The number of carbonyl (C=O) groups is 1. The summed E-state index contributed by atoms with van der Waals surface area (Å²) in [5.74, 6) is -1.28. The van der Waals surface area contributed by atoms with Crippen molar-refractivity contribution >= 4 is 17.6 Å². The molecule has 5 heteroatoms. The summed E-state index contributed by atoms with van der Waals surface area (Å²) >= 11 is 6.15. The molecule has 0 saturated carbocycles. The molecule has 3 nitrogen and oxygen atoms in total. The highest BCUT2D eigenvalue weighted by molar-refractivity contribution is 6.30. The van der Waals surface area contributed by atoms with E-state index in [1.807, 2.05) is 24.3 Å². The van der Waals surface area contributed by atoms with Crippen LogP contribution in [0.4, 0.5) is 4.39 Å². The van der Waals surface area contributed by atoms with Crippen molar-refractivity contribution in [3.8, 4) is 0 Å². The van der Waals surface area contributed by atoms with E-state index >= 15 is 0 Å². The first-order valence-electron chi connectivity index (χ1n) is 8.02. The van der Waals surface area contributed by atoms with Gasteiger partial charge in [0, 0.05) is 5.02 Å². The fourth-order valence-electron chi connectivity index (χ4n) is 3.34. The number of halogens is 2. The molecule has 2 aromatic rings. The van der Waals surface area contributed by atoms with Gasteiger partial charge in [0.05, 0.1) is 12.0 Å². The molecular weight excluding hydrogens is 329 g/mol. The van der Waals surface area contributed by atoms with Crippen molar-refractivity contribution in [2.45, 2.75) is 18.9 Å². The number of aliphatic carboxylic acids is 1. The van der Waals surface area contributed by atoms with Gasteiger partial charge in [0.25, 0.3) is 0 Å². The highest BCUT2D eigenvalue weighted by atomic mass is 35.5. The van der Waals surface area contributed by atoms with E-state index in [4.69, 9.17) is 11.6 Å².